The Morgan fingerprint density at radius 3 is 2.27 bits per heavy atom. The first-order chi connectivity index (χ1) is 6.87. The normalized spacial score (nSPS) is 13.8. The molecule has 0 saturated carbocycles. The summed E-state index contributed by atoms with van der Waals surface area (Å²) in [5.41, 5.74) is 2.35. The van der Waals surface area contributed by atoms with Crippen molar-refractivity contribution in [2.75, 3.05) is 5.75 Å². The minimum Gasteiger partial charge on any atom is -0.212 e. The Kier molecular flexibility index (Phi) is 4.17. The number of hydrogen-bond acceptors (Lipinski definition) is 2. The quantitative estimate of drug-likeness (QED) is 0.766. The fourth-order valence-corrected chi connectivity index (χ4v) is 2.97. The fourth-order valence-electron chi connectivity index (χ4n) is 1.53. The van der Waals surface area contributed by atoms with Gasteiger partial charge in [-0.25, -0.2) is 8.42 Å². The second-order valence-electron chi connectivity index (χ2n) is 4.00. The van der Waals surface area contributed by atoms with Gasteiger partial charge < -0.3 is 0 Å². The van der Waals surface area contributed by atoms with E-state index in [0.29, 0.717) is 0 Å². The summed E-state index contributed by atoms with van der Waals surface area (Å²) < 4.78 is 21.7. The average molecular weight is 247 g/mol. The lowest BCUT2D eigenvalue weighted by atomic mass is 10.0. The average Bonchev–Trinajstić information content (AvgIpc) is 2.05. The number of halogens is 1. The molecule has 1 aromatic carbocycles. The monoisotopic (exact) mass is 246 g/mol. The van der Waals surface area contributed by atoms with Crippen molar-refractivity contribution in [2.45, 2.75) is 20.3 Å². The summed E-state index contributed by atoms with van der Waals surface area (Å²) in [5.74, 6) is 0.0813. The summed E-state index contributed by atoms with van der Waals surface area (Å²) >= 11 is 0. The van der Waals surface area contributed by atoms with Crippen LogP contribution in [0.1, 0.15) is 18.1 Å². The van der Waals surface area contributed by atoms with Crippen molar-refractivity contribution in [3.05, 3.63) is 35.4 Å². The lowest BCUT2D eigenvalue weighted by Gasteiger charge is -2.09. The van der Waals surface area contributed by atoms with Gasteiger partial charge in [-0.1, -0.05) is 36.8 Å². The van der Waals surface area contributed by atoms with Crippen molar-refractivity contribution >= 4 is 19.7 Å². The van der Waals surface area contributed by atoms with E-state index in [1.54, 1.807) is 0 Å². The third-order valence-corrected chi connectivity index (χ3v) is 3.53. The molecule has 0 saturated heterocycles. The second kappa shape index (κ2) is 4.99. The highest BCUT2D eigenvalue weighted by Crippen LogP contribution is 2.13. The van der Waals surface area contributed by atoms with E-state index in [1.807, 2.05) is 38.1 Å². The molecule has 0 bridgehead atoms. The van der Waals surface area contributed by atoms with Crippen LogP contribution in [0.25, 0.3) is 0 Å². The van der Waals surface area contributed by atoms with E-state index < -0.39 is 9.05 Å². The minimum atomic E-state index is -3.38. The van der Waals surface area contributed by atoms with E-state index in [1.165, 1.54) is 5.56 Å². The van der Waals surface area contributed by atoms with Crippen LogP contribution in [0.2, 0.25) is 0 Å². The first-order valence-corrected chi connectivity index (χ1v) is 7.32. The second-order valence-corrected chi connectivity index (χ2v) is 6.82. The van der Waals surface area contributed by atoms with Gasteiger partial charge in [-0.15, -0.1) is 0 Å². The molecule has 1 aromatic rings. The summed E-state index contributed by atoms with van der Waals surface area (Å²) in [6.07, 6.45) is 0.742. The van der Waals surface area contributed by atoms with Crippen molar-refractivity contribution in [1.82, 2.24) is 0 Å². The molecule has 0 aliphatic carbocycles. The van der Waals surface area contributed by atoms with Gasteiger partial charge in [-0.2, -0.15) is 0 Å². The van der Waals surface area contributed by atoms with E-state index in [9.17, 15) is 8.42 Å². The molecular weight excluding hydrogens is 232 g/mol. The largest absolute Gasteiger partial charge is 0.232 e. The molecule has 0 amide bonds. The van der Waals surface area contributed by atoms with Crippen LogP contribution in [-0.2, 0) is 15.5 Å². The molecular formula is C11H15ClO2S. The molecule has 1 rings (SSSR count). The van der Waals surface area contributed by atoms with Gasteiger partial charge in [0.15, 0.2) is 0 Å². The number of hydrogen-bond donors (Lipinski definition) is 0. The molecule has 0 aliphatic heterocycles. The van der Waals surface area contributed by atoms with Crippen molar-refractivity contribution in [1.29, 1.82) is 0 Å². The lowest BCUT2D eigenvalue weighted by Crippen LogP contribution is -2.11. The molecule has 0 fully saturated rings. The third kappa shape index (κ3) is 5.19. The van der Waals surface area contributed by atoms with Gasteiger partial charge in [0.2, 0.25) is 9.05 Å². The van der Waals surface area contributed by atoms with Crippen LogP contribution in [0.15, 0.2) is 24.3 Å². The van der Waals surface area contributed by atoms with E-state index in [4.69, 9.17) is 10.7 Å². The third-order valence-electron chi connectivity index (χ3n) is 2.19. The predicted molar refractivity (Wildman–Crippen MR) is 63.7 cm³/mol. The first-order valence-electron chi connectivity index (χ1n) is 4.85. The van der Waals surface area contributed by atoms with Crippen LogP contribution < -0.4 is 0 Å². The summed E-state index contributed by atoms with van der Waals surface area (Å²) in [5, 5.41) is 0. The number of aryl methyl sites for hydroxylation is 1. The van der Waals surface area contributed by atoms with Crippen LogP contribution in [-0.4, -0.2) is 14.2 Å². The van der Waals surface area contributed by atoms with Crippen LogP contribution in [0, 0.1) is 12.8 Å². The van der Waals surface area contributed by atoms with Gasteiger partial charge in [-0.3, -0.25) is 0 Å². The molecule has 84 valence electrons. The van der Waals surface area contributed by atoms with Crippen LogP contribution in [0.4, 0.5) is 0 Å². The van der Waals surface area contributed by atoms with E-state index >= 15 is 0 Å². The highest BCUT2D eigenvalue weighted by Gasteiger charge is 2.12. The smallest absolute Gasteiger partial charge is 0.212 e. The summed E-state index contributed by atoms with van der Waals surface area (Å²) in [6.45, 7) is 3.91. The van der Waals surface area contributed by atoms with E-state index in [-0.39, 0.29) is 11.7 Å². The van der Waals surface area contributed by atoms with Crippen LogP contribution in [0.3, 0.4) is 0 Å². The summed E-state index contributed by atoms with van der Waals surface area (Å²) in [4.78, 5) is 0. The lowest BCUT2D eigenvalue weighted by molar-refractivity contribution is 0.582. The summed E-state index contributed by atoms with van der Waals surface area (Å²) in [6, 6.07) is 8.09. The van der Waals surface area contributed by atoms with Crippen LogP contribution in [0.5, 0.6) is 0 Å². The molecule has 0 spiro atoms. The number of rotatable bonds is 4. The maximum Gasteiger partial charge on any atom is 0.232 e. The molecule has 1 atom stereocenters. The molecule has 0 radical (unpaired) electrons. The van der Waals surface area contributed by atoms with Crippen LogP contribution >= 0.6 is 10.7 Å². The van der Waals surface area contributed by atoms with E-state index in [2.05, 4.69) is 0 Å². The molecule has 1 unspecified atom stereocenters. The first kappa shape index (κ1) is 12.5. The minimum absolute atomic E-state index is 0.0302. The predicted octanol–water partition coefficient (Wildman–Crippen LogP) is 2.74. The zero-order valence-electron chi connectivity index (χ0n) is 8.90. The standard InChI is InChI=1S/C11H15ClO2S/c1-9-3-5-11(6-4-9)7-10(2)8-15(12,13)14/h3-6,10H,7-8H2,1-2H3. The Morgan fingerprint density at radius 2 is 1.80 bits per heavy atom. The van der Waals surface area contributed by atoms with Crippen molar-refractivity contribution in [3.63, 3.8) is 0 Å². The molecule has 0 aliphatic rings. The van der Waals surface area contributed by atoms with Crippen molar-refractivity contribution < 1.29 is 8.42 Å². The Labute approximate surface area is 95.7 Å². The molecule has 2 nitrogen and oxygen atoms in total. The SMILES string of the molecule is Cc1ccc(CC(C)CS(=O)(=O)Cl)cc1. The molecule has 0 N–H and O–H groups in total. The van der Waals surface area contributed by atoms with Gasteiger partial charge in [0, 0.05) is 10.7 Å². The Balaban J connectivity index is 2.59. The van der Waals surface area contributed by atoms with Crippen molar-refractivity contribution in [3.8, 4) is 0 Å². The zero-order valence-corrected chi connectivity index (χ0v) is 10.5. The zero-order chi connectivity index (χ0) is 11.5. The van der Waals surface area contributed by atoms with Gasteiger partial charge in [0.1, 0.15) is 0 Å². The van der Waals surface area contributed by atoms with Crippen molar-refractivity contribution in [2.24, 2.45) is 5.92 Å². The Morgan fingerprint density at radius 1 is 1.27 bits per heavy atom. The maximum atomic E-state index is 10.9. The Bertz CT molecular complexity index is 409. The van der Waals surface area contributed by atoms with Gasteiger partial charge in [0.05, 0.1) is 5.75 Å². The molecule has 15 heavy (non-hydrogen) atoms. The topological polar surface area (TPSA) is 34.1 Å². The number of benzene rings is 1. The van der Waals surface area contributed by atoms with Gasteiger partial charge in [0.25, 0.3) is 0 Å². The molecule has 0 heterocycles. The maximum absolute atomic E-state index is 10.9. The highest BCUT2D eigenvalue weighted by atomic mass is 35.7. The molecule has 4 heteroatoms. The molecule has 0 aromatic heterocycles. The summed E-state index contributed by atoms with van der Waals surface area (Å²) in [7, 11) is 1.81. The fraction of sp³-hybridized carbons (Fsp3) is 0.455. The van der Waals surface area contributed by atoms with E-state index in [0.717, 1.165) is 12.0 Å². The van der Waals surface area contributed by atoms with Gasteiger partial charge in [-0.05, 0) is 24.8 Å². The van der Waals surface area contributed by atoms with Gasteiger partial charge >= 0.3 is 0 Å². The highest BCUT2D eigenvalue weighted by molar-refractivity contribution is 8.13. The Hall–Kier alpha value is -0.540.